The Balaban J connectivity index is 0.000000232. The Morgan fingerprint density at radius 3 is 1.37 bits per heavy atom. The standard InChI is InChI=1S/C17H16F3NO2.C16H14F3NO4S.C16H14F3NO2S/c18-17(19,20)13-7-3-6-12(11-13)5-1-2-9-15-14(16(22)23)8-4-10-21-15;17-16(18,19)11-4-1-5-12(10-11)25(23,24)9-3-7-14-13(15(21)22)6-2-8-20-14;17-16(18,19)11-4-1-5-12(10-11)23-9-3-7-14-13(15(21)22)6-2-8-20-14/h3-4,6-8,10-11H,1-2,5,9H2,(H,22,23);1-2,4-6,8,10H,3,7,9H2,(H,21,22);1-2,4-6,8,10H,3,7,9H2,(H,21,22). The molecule has 0 bridgehead atoms. The molecule has 11 nitrogen and oxygen atoms in total. The molecule has 0 radical (unpaired) electrons. The highest BCUT2D eigenvalue weighted by molar-refractivity contribution is 7.99. The van der Waals surface area contributed by atoms with Gasteiger partial charge < -0.3 is 15.3 Å². The van der Waals surface area contributed by atoms with Crippen molar-refractivity contribution in [1.29, 1.82) is 0 Å². The molecular formula is C49H44F9N3O8S2. The predicted molar refractivity (Wildman–Crippen MR) is 244 cm³/mol. The number of hydrogen-bond acceptors (Lipinski definition) is 9. The maximum absolute atomic E-state index is 12.7. The van der Waals surface area contributed by atoms with Crippen LogP contribution in [0.25, 0.3) is 0 Å². The van der Waals surface area contributed by atoms with Crippen molar-refractivity contribution in [2.24, 2.45) is 0 Å². The number of rotatable bonds is 18. The maximum Gasteiger partial charge on any atom is 0.416 e. The van der Waals surface area contributed by atoms with Gasteiger partial charge in [0.1, 0.15) is 0 Å². The number of hydrogen-bond donors (Lipinski definition) is 3. The van der Waals surface area contributed by atoms with Crippen LogP contribution >= 0.6 is 11.8 Å². The largest absolute Gasteiger partial charge is 0.478 e. The van der Waals surface area contributed by atoms with Crippen molar-refractivity contribution in [2.45, 2.75) is 79.7 Å². The third-order valence-electron chi connectivity index (χ3n) is 10.1. The summed E-state index contributed by atoms with van der Waals surface area (Å²) in [5, 5.41) is 27.2. The van der Waals surface area contributed by atoms with Crippen molar-refractivity contribution in [3.05, 3.63) is 184 Å². The lowest BCUT2D eigenvalue weighted by Gasteiger charge is -2.10. The minimum absolute atomic E-state index is 0.0287. The first-order valence-corrected chi connectivity index (χ1v) is 23.9. The first kappa shape index (κ1) is 56.8. The van der Waals surface area contributed by atoms with E-state index in [4.69, 9.17) is 15.3 Å². The number of unbranched alkanes of at least 4 members (excludes halogenated alkanes) is 1. The van der Waals surface area contributed by atoms with E-state index in [9.17, 15) is 62.3 Å². The molecule has 3 aromatic heterocycles. The highest BCUT2D eigenvalue weighted by Crippen LogP contribution is 2.33. The molecule has 3 N–H and O–H groups in total. The van der Waals surface area contributed by atoms with Gasteiger partial charge in [0.25, 0.3) is 0 Å². The van der Waals surface area contributed by atoms with E-state index in [1.54, 1.807) is 24.3 Å². The SMILES string of the molecule is O=C(O)c1cccnc1CCCCc1cccc(C(F)(F)F)c1.O=C(O)c1cccnc1CCCS(=O)(=O)c1cccc(C(F)(F)F)c1.O=C(O)c1cccnc1CCCSc1cccc(C(F)(F)F)c1. The zero-order valence-corrected chi connectivity index (χ0v) is 38.8. The first-order chi connectivity index (χ1) is 33.4. The molecule has 0 aliphatic heterocycles. The molecule has 0 aliphatic carbocycles. The van der Waals surface area contributed by atoms with E-state index in [0.29, 0.717) is 72.2 Å². The highest BCUT2D eigenvalue weighted by Gasteiger charge is 2.33. The molecule has 378 valence electrons. The molecule has 6 rings (SSSR count). The summed E-state index contributed by atoms with van der Waals surface area (Å²) in [5.74, 6) is -3.06. The van der Waals surface area contributed by atoms with E-state index in [-0.39, 0.29) is 35.2 Å². The summed E-state index contributed by atoms with van der Waals surface area (Å²) in [6, 6.07) is 22.9. The molecule has 22 heteroatoms. The van der Waals surface area contributed by atoms with E-state index >= 15 is 0 Å². The summed E-state index contributed by atoms with van der Waals surface area (Å²) in [7, 11) is -3.92. The summed E-state index contributed by atoms with van der Waals surface area (Å²) >= 11 is 1.31. The number of benzene rings is 3. The molecule has 0 spiro atoms. The second-order valence-corrected chi connectivity index (χ2v) is 18.5. The number of carbonyl (C=O) groups is 3. The number of halogens is 9. The Morgan fingerprint density at radius 1 is 0.479 bits per heavy atom. The molecule has 0 fully saturated rings. The van der Waals surface area contributed by atoms with E-state index < -0.39 is 73.6 Å². The normalized spacial score (nSPS) is 11.7. The van der Waals surface area contributed by atoms with Gasteiger partial charge in [-0.15, -0.1) is 11.8 Å². The van der Waals surface area contributed by atoms with Gasteiger partial charge in [-0.1, -0.05) is 30.3 Å². The average Bonchev–Trinajstić information content (AvgIpc) is 3.32. The Hall–Kier alpha value is -6.81. The smallest absolute Gasteiger partial charge is 0.416 e. The third-order valence-corrected chi connectivity index (χ3v) is 13.0. The summed E-state index contributed by atoms with van der Waals surface area (Å²) in [6.07, 6.45) is -5.31. The number of carboxylic acid groups (broad SMARTS) is 3. The summed E-state index contributed by atoms with van der Waals surface area (Å²) in [6.45, 7) is 0. The highest BCUT2D eigenvalue weighted by atomic mass is 32.2. The van der Waals surface area contributed by atoms with Crippen LogP contribution in [0.5, 0.6) is 0 Å². The van der Waals surface area contributed by atoms with E-state index in [1.807, 2.05) is 0 Å². The van der Waals surface area contributed by atoms with Crippen LogP contribution in [0.1, 0.15) is 96.1 Å². The van der Waals surface area contributed by atoms with Gasteiger partial charge in [-0.3, -0.25) is 15.0 Å². The van der Waals surface area contributed by atoms with Crippen LogP contribution in [0, 0.1) is 0 Å². The lowest BCUT2D eigenvalue weighted by Crippen LogP contribution is -2.12. The fourth-order valence-electron chi connectivity index (χ4n) is 6.63. The van der Waals surface area contributed by atoms with Crippen LogP contribution in [0.4, 0.5) is 39.5 Å². The molecule has 3 aromatic carbocycles. The molecule has 71 heavy (non-hydrogen) atoms. The Morgan fingerprint density at radius 2 is 0.887 bits per heavy atom. The maximum atomic E-state index is 12.7. The number of pyridine rings is 3. The quantitative estimate of drug-likeness (QED) is 0.0421. The van der Waals surface area contributed by atoms with Gasteiger partial charge in [0.05, 0.1) is 61.1 Å². The summed E-state index contributed by atoms with van der Waals surface area (Å²) in [5.41, 5.74) is -0.191. The molecular weight excluding hydrogens is 994 g/mol. The minimum atomic E-state index is -4.63. The number of aromatic carboxylic acids is 3. The van der Waals surface area contributed by atoms with Crippen LogP contribution in [0.2, 0.25) is 0 Å². The van der Waals surface area contributed by atoms with E-state index in [0.717, 1.165) is 42.5 Å². The van der Waals surface area contributed by atoms with Gasteiger partial charge in [-0.05, 0) is 142 Å². The number of aromatic nitrogens is 3. The van der Waals surface area contributed by atoms with Gasteiger partial charge in [0.15, 0.2) is 9.84 Å². The molecule has 0 unspecified atom stereocenters. The lowest BCUT2D eigenvalue weighted by atomic mass is 10.0. The number of sulfone groups is 1. The predicted octanol–water partition coefficient (Wildman–Crippen LogP) is 12.1. The van der Waals surface area contributed by atoms with Crippen molar-refractivity contribution >= 4 is 39.5 Å². The summed E-state index contributed by atoms with van der Waals surface area (Å²) < 4.78 is 138. The Kier molecular flexibility index (Phi) is 20.7. The van der Waals surface area contributed by atoms with E-state index in [2.05, 4.69) is 15.0 Å². The zero-order chi connectivity index (χ0) is 52.4. The molecule has 6 aromatic rings. The van der Waals surface area contributed by atoms with Gasteiger partial charge in [0, 0.05) is 23.5 Å². The van der Waals surface area contributed by atoms with Crippen molar-refractivity contribution in [3.8, 4) is 0 Å². The number of aryl methyl sites for hydroxylation is 4. The first-order valence-electron chi connectivity index (χ1n) is 21.2. The monoisotopic (exact) mass is 1040 g/mol. The van der Waals surface area contributed by atoms with Gasteiger partial charge in [-0.2, -0.15) is 39.5 Å². The summed E-state index contributed by atoms with van der Waals surface area (Å²) in [4.78, 5) is 45.3. The fraction of sp³-hybridized carbons (Fsp3) is 0.265. The van der Waals surface area contributed by atoms with Crippen molar-refractivity contribution < 1.29 is 77.6 Å². The fourth-order valence-corrected chi connectivity index (χ4v) is 8.89. The van der Waals surface area contributed by atoms with Crippen molar-refractivity contribution in [2.75, 3.05) is 11.5 Å². The van der Waals surface area contributed by atoms with Gasteiger partial charge >= 0.3 is 36.4 Å². The van der Waals surface area contributed by atoms with Crippen LogP contribution < -0.4 is 0 Å². The number of alkyl halides is 9. The second kappa shape index (κ2) is 25.9. The van der Waals surface area contributed by atoms with Gasteiger partial charge in [0.2, 0.25) is 0 Å². The Labute approximate surface area is 405 Å². The molecule has 3 heterocycles. The topological polar surface area (TPSA) is 185 Å². The number of carboxylic acids is 3. The van der Waals surface area contributed by atoms with Crippen LogP contribution in [-0.2, 0) is 54.0 Å². The van der Waals surface area contributed by atoms with Crippen molar-refractivity contribution in [1.82, 2.24) is 15.0 Å². The second-order valence-electron chi connectivity index (χ2n) is 15.2. The lowest BCUT2D eigenvalue weighted by molar-refractivity contribution is -0.138. The molecule has 0 atom stereocenters. The zero-order valence-electron chi connectivity index (χ0n) is 37.1. The third kappa shape index (κ3) is 18.5. The van der Waals surface area contributed by atoms with Crippen LogP contribution in [0.15, 0.2) is 138 Å². The molecule has 0 saturated carbocycles. The minimum Gasteiger partial charge on any atom is -0.478 e. The van der Waals surface area contributed by atoms with Crippen LogP contribution in [0.3, 0.4) is 0 Å². The number of nitrogens with zero attached hydrogens (tertiary/aromatic N) is 3. The average molecular weight is 1040 g/mol. The molecule has 0 aliphatic rings. The van der Waals surface area contributed by atoms with Crippen LogP contribution in [-0.4, -0.2) is 68.1 Å². The Bertz CT molecular complexity index is 2740. The van der Waals surface area contributed by atoms with Gasteiger partial charge in [-0.25, -0.2) is 22.8 Å². The molecule has 0 saturated heterocycles. The van der Waals surface area contributed by atoms with E-state index in [1.165, 1.54) is 66.8 Å². The van der Waals surface area contributed by atoms with Crippen molar-refractivity contribution in [3.63, 3.8) is 0 Å². The molecule has 0 amide bonds. The number of thioether (sulfide) groups is 1.